The summed E-state index contributed by atoms with van der Waals surface area (Å²) < 4.78 is 5.92. The number of benzene rings is 3. The molecule has 38 heavy (non-hydrogen) atoms. The molecule has 2 aliphatic rings. The van der Waals surface area contributed by atoms with Gasteiger partial charge in [-0.15, -0.1) is 0 Å². The van der Waals surface area contributed by atoms with E-state index in [1.54, 1.807) is 4.90 Å². The third-order valence-corrected chi connectivity index (χ3v) is 7.62. The fraction of sp³-hybridized carbons (Fsp3) is 0.312. The number of aromatic amines is 1. The van der Waals surface area contributed by atoms with E-state index in [1.165, 1.54) is 18.4 Å². The van der Waals surface area contributed by atoms with Crippen molar-refractivity contribution in [3.05, 3.63) is 102 Å². The molecule has 1 aliphatic heterocycles. The summed E-state index contributed by atoms with van der Waals surface area (Å²) in [7, 11) is 0. The number of fused-ring (bicyclic) bond motifs is 1. The Bertz CT molecular complexity index is 1410. The molecule has 2 fully saturated rings. The molecular weight excluding hydrogens is 474 g/mol. The molecule has 1 aliphatic carbocycles. The maximum absolute atomic E-state index is 13.6. The van der Waals surface area contributed by atoms with Crippen molar-refractivity contribution in [2.45, 2.75) is 38.3 Å². The quantitative estimate of drug-likeness (QED) is 0.328. The Kier molecular flexibility index (Phi) is 6.86. The maximum Gasteiger partial charge on any atom is 0.270 e. The number of nitrogens with one attached hydrogen (secondary N) is 1. The maximum atomic E-state index is 13.6. The fourth-order valence-electron chi connectivity index (χ4n) is 5.24. The van der Waals surface area contributed by atoms with Crippen molar-refractivity contribution in [2.75, 3.05) is 19.7 Å². The SMILES string of the molecule is O=C(c1cc2cc(OCC3CC3)ccc2[nH]1)N1CC(=O)N(Cc2ccccc2)[C@@H](CCc2ccccc2)C1. The molecular formula is C32H33N3O3. The van der Waals surface area contributed by atoms with E-state index in [1.807, 2.05) is 77.7 Å². The number of piperazine rings is 1. The van der Waals surface area contributed by atoms with Crippen LogP contribution in [-0.2, 0) is 17.8 Å². The van der Waals surface area contributed by atoms with Gasteiger partial charge in [-0.25, -0.2) is 0 Å². The minimum Gasteiger partial charge on any atom is -0.493 e. The molecule has 2 amide bonds. The van der Waals surface area contributed by atoms with Gasteiger partial charge in [0.15, 0.2) is 0 Å². The Morgan fingerprint density at radius 3 is 2.39 bits per heavy atom. The van der Waals surface area contributed by atoms with Crippen molar-refractivity contribution in [1.29, 1.82) is 0 Å². The van der Waals surface area contributed by atoms with Gasteiger partial charge in [-0.3, -0.25) is 9.59 Å². The molecule has 0 spiro atoms. The average molecular weight is 508 g/mol. The highest BCUT2D eigenvalue weighted by Crippen LogP contribution is 2.30. The van der Waals surface area contributed by atoms with Crippen LogP contribution < -0.4 is 4.74 Å². The smallest absolute Gasteiger partial charge is 0.270 e. The van der Waals surface area contributed by atoms with Crippen LogP contribution in [0.4, 0.5) is 0 Å². The van der Waals surface area contributed by atoms with Crippen LogP contribution in [0.25, 0.3) is 10.9 Å². The normalized spacial score (nSPS) is 17.7. The number of aromatic nitrogens is 1. The summed E-state index contributed by atoms with van der Waals surface area (Å²) in [6.07, 6.45) is 4.13. The minimum absolute atomic E-state index is 0.0154. The summed E-state index contributed by atoms with van der Waals surface area (Å²) in [5.74, 6) is 1.35. The number of H-pyrrole nitrogens is 1. The van der Waals surface area contributed by atoms with E-state index in [0.29, 0.717) is 24.7 Å². The molecule has 6 nitrogen and oxygen atoms in total. The number of hydrogen-bond donors (Lipinski definition) is 1. The summed E-state index contributed by atoms with van der Waals surface area (Å²) in [6, 6.07) is 28.1. The third kappa shape index (κ3) is 5.59. The largest absolute Gasteiger partial charge is 0.493 e. The molecule has 4 aromatic rings. The molecule has 6 rings (SSSR count). The fourth-order valence-corrected chi connectivity index (χ4v) is 5.24. The molecule has 2 heterocycles. The van der Waals surface area contributed by atoms with Crippen LogP contribution in [0.5, 0.6) is 5.75 Å². The molecule has 194 valence electrons. The van der Waals surface area contributed by atoms with Gasteiger partial charge in [-0.1, -0.05) is 60.7 Å². The van der Waals surface area contributed by atoms with Crippen molar-refractivity contribution < 1.29 is 14.3 Å². The summed E-state index contributed by atoms with van der Waals surface area (Å²) in [5.41, 5.74) is 3.73. The average Bonchev–Trinajstić information content (AvgIpc) is 3.69. The van der Waals surface area contributed by atoms with Crippen LogP contribution in [0.3, 0.4) is 0 Å². The molecule has 0 radical (unpaired) electrons. The second kappa shape index (κ2) is 10.7. The van der Waals surface area contributed by atoms with E-state index in [-0.39, 0.29) is 24.4 Å². The van der Waals surface area contributed by atoms with Crippen LogP contribution in [0, 0.1) is 5.92 Å². The number of hydrogen-bond acceptors (Lipinski definition) is 3. The number of aryl methyl sites for hydroxylation is 1. The van der Waals surface area contributed by atoms with Gasteiger partial charge in [0.1, 0.15) is 18.0 Å². The molecule has 3 aromatic carbocycles. The van der Waals surface area contributed by atoms with Gasteiger partial charge in [-0.05, 0) is 67.0 Å². The Labute approximate surface area is 223 Å². The van der Waals surface area contributed by atoms with E-state index < -0.39 is 0 Å². The molecule has 1 atom stereocenters. The van der Waals surface area contributed by atoms with Gasteiger partial charge < -0.3 is 19.5 Å². The Hall–Kier alpha value is -4.06. The molecule has 6 heteroatoms. The van der Waals surface area contributed by atoms with Gasteiger partial charge in [0.05, 0.1) is 12.6 Å². The van der Waals surface area contributed by atoms with E-state index in [4.69, 9.17) is 4.74 Å². The second-order valence-corrected chi connectivity index (χ2v) is 10.6. The molecule has 1 saturated carbocycles. The first-order valence-electron chi connectivity index (χ1n) is 13.5. The first-order valence-corrected chi connectivity index (χ1v) is 13.5. The number of nitrogens with zero attached hydrogens (tertiary/aromatic N) is 2. The lowest BCUT2D eigenvalue weighted by Crippen LogP contribution is -2.57. The predicted molar refractivity (Wildman–Crippen MR) is 148 cm³/mol. The zero-order valence-electron chi connectivity index (χ0n) is 21.5. The third-order valence-electron chi connectivity index (χ3n) is 7.62. The zero-order chi connectivity index (χ0) is 25.9. The molecule has 0 unspecified atom stereocenters. The highest BCUT2D eigenvalue weighted by Gasteiger charge is 2.35. The van der Waals surface area contributed by atoms with Gasteiger partial charge in [0, 0.05) is 24.0 Å². The monoisotopic (exact) mass is 507 g/mol. The summed E-state index contributed by atoms with van der Waals surface area (Å²) in [5, 5.41) is 0.941. The van der Waals surface area contributed by atoms with E-state index in [0.717, 1.165) is 41.7 Å². The van der Waals surface area contributed by atoms with Crippen molar-refractivity contribution in [2.24, 2.45) is 5.92 Å². The predicted octanol–water partition coefficient (Wildman–Crippen LogP) is 5.44. The van der Waals surface area contributed by atoms with Gasteiger partial charge in [-0.2, -0.15) is 0 Å². The number of carbonyl (C=O) groups excluding carboxylic acids is 2. The number of carbonyl (C=O) groups is 2. The molecule has 1 saturated heterocycles. The summed E-state index contributed by atoms with van der Waals surface area (Å²) in [6.45, 7) is 1.90. The number of ether oxygens (including phenoxy) is 1. The Balaban J connectivity index is 1.19. The van der Waals surface area contributed by atoms with E-state index >= 15 is 0 Å². The topological polar surface area (TPSA) is 65.6 Å². The van der Waals surface area contributed by atoms with E-state index in [2.05, 4.69) is 17.1 Å². The Morgan fingerprint density at radius 2 is 1.66 bits per heavy atom. The van der Waals surface area contributed by atoms with Crippen molar-refractivity contribution in [3.8, 4) is 5.75 Å². The van der Waals surface area contributed by atoms with Crippen molar-refractivity contribution in [3.63, 3.8) is 0 Å². The second-order valence-electron chi connectivity index (χ2n) is 10.6. The molecule has 0 bridgehead atoms. The first kappa shape index (κ1) is 24.3. The standard InChI is InChI=1S/C32H33N3O3/c36-31-21-34(32(37)30-18-26-17-28(15-16-29(26)33-30)38-22-25-11-12-25)20-27(14-13-23-7-3-1-4-8-23)35(31)19-24-9-5-2-6-10-24/h1-10,15-18,25,27,33H,11-14,19-22H2/t27-/m0/s1. The summed E-state index contributed by atoms with van der Waals surface area (Å²) >= 11 is 0. The zero-order valence-corrected chi connectivity index (χ0v) is 21.5. The van der Waals surface area contributed by atoms with Gasteiger partial charge >= 0.3 is 0 Å². The van der Waals surface area contributed by atoms with Gasteiger partial charge in [0.25, 0.3) is 5.91 Å². The van der Waals surface area contributed by atoms with Crippen LogP contribution >= 0.6 is 0 Å². The highest BCUT2D eigenvalue weighted by atomic mass is 16.5. The lowest BCUT2D eigenvalue weighted by atomic mass is 10.0. The van der Waals surface area contributed by atoms with Gasteiger partial charge in [0.2, 0.25) is 5.91 Å². The Morgan fingerprint density at radius 1 is 0.921 bits per heavy atom. The van der Waals surface area contributed by atoms with Crippen LogP contribution in [0.15, 0.2) is 84.9 Å². The van der Waals surface area contributed by atoms with E-state index in [9.17, 15) is 9.59 Å². The van der Waals surface area contributed by atoms with Crippen molar-refractivity contribution >= 4 is 22.7 Å². The highest BCUT2D eigenvalue weighted by molar-refractivity contribution is 6.00. The molecule has 1 N–H and O–H groups in total. The van der Waals surface area contributed by atoms with Crippen LogP contribution in [-0.4, -0.2) is 52.3 Å². The number of rotatable bonds is 9. The minimum atomic E-state index is -0.140. The van der Waals surface area contributed by atoms with Crippen molar-refractivity contribution in [1.82, 2.24) is 14.8 Å². The lowest BCUT2D eigenvalue weighted by Gasteiger charge is -2.41. The van der Waals surface area contributed by atoms with Crippen LogP contribution in [0.1, 0.15) is 40.9 Å². The number of amides is 2. The first-order chi connectivity index (χ1) is 18.6. The summed E-state index contributed by atoms with van der Waals surface area (Å²) in [4.78, 5) is 33.9. The molecule has 1 aromatic heterocycles. The van der Waals surface area contributed by atoms with Crippen LogP contribution in [0.2, 0.25) is 0 Å². The lowest BCUT2D eigenvalue weighted by molar-refractivity contribution is -0.139.